The molecule has 2 aromatic carbocycles. The highest BCUT2D eigenvalue weighted by atomic mass is 35.5. The first kappa shape index (κ1) is 24.8. The van der Waals surface area contributed by atoms with Crippen LogP contribution in [0.5, 0.6) is 5.75 Å². The molecule has 2 fully saturated rings. The van der Waals surface area contributed by atoms with Crippen molar-refractivity contribution in [2.75, 3.05) is 31.5 Å². The molecule has 0 aromatic heterocycles. The lowest BCUT2D eigenvalue weighted by Crippen LogP contribution is -2.50. The minimum Gasteiger partial charge on any atom is -0.476 e. The zero-order valence-electron chi connectivity index (χ0n) is 20.5. The standard InChI is InChI=1S/C27H34ClN3O2S/c1-19-15-20(2)17-21(16-19)29-25(34)30-12-9-27(10-13-30)11-14-31(18-27)24(32)26(3,4)33-23-8-6-5-7-22(23)28/h5-8,15-17H,9-14,18H2,1-4H3,(H,29,34). The Bertz CT molecular complexity index is 1060. The van der Waals surface area contributed by atoms with Crippen LogP contribution in [0.1, 0.15) is 44.2 Å². The maximum absolute atomic E-state index is 13.4. The van der Waals surface area contributed by atoms with Gasteiger partial charge in [-0.1, -0.05) is 29.8 Å². The Morgan fingerprint density at radius 3 is 2.24 bits per heavy atom. The monoisotopic (exact) mass is 499 g/mol. The van der Waals surface area contributed by atoms with Gasteiger partial charge in [0.1, 0.15) is 5.75 Å². The lowest BCUT2D eigenvalue weighted by molar-refractivity contribution is -0.144. The molecule has 0 unspecified atom stereocenters. The van der Waals surface area contributed by atoms with Gasteiger partial charge in [-0.2, -0.15) is 0 Å². The Morgan fingerprint density at radius 1 is 1.03 bits per heavy atom. The quantitative estimate of drug-likeness (QED) is 0.536. The third kappa shape index (κ3) is 5.49. The van der Waals surface area contributed by atoms with Crippen LogP contribution in [0.3, 0.4) is 0 Å². The summed E-state index contributed by atoms with van der Waals surface area (Å²) in [6.45, 7) is 11.2. The minimum atomic E-state index is -0.978. The van der Waals surface area contributed by atoms with E-state index in [-0.39, 0.29) is 11.3 Å². The molecule has 2 aromatic rings. The van der Waals surface area contributed by atoms with Crippen molar-refractivity contribution in [3.8, 4) is 5.75 Å². The average Bonchev–Trinajstić information content (AvgIpc) is 3.17. The van der Waals surface area contributed by atoms with E-state index in [1.165, 1.54) is 11.1 Å². The molecule has 0 atom stereocenters. The highest BCUT2D eigenvalue weighted by molar-refractivity contribution is 7.80. The number of nitrogens with one attached hydrogen (secondary N) is 1. The number of halogens is 1. The number of para-hydroxylation sites is 1. The van der Waals surface area contributed by atoms with Gasteiger partial charge >= 0.3 is 0 Å². The highest BCUT2D eigenvalue weighted by Gasteiger charge is 2.45. The number of amides is 1. The second-order valence-electron chi connectivity index (χ2n) is 10.3. The van der Waals surface area contributed by atoms with Crippen LogP contribution in [0.25, 0.3) is 0 Å². The second-order valence-corrected chi connectivity index (χ2v) is 11.1. The normalized spacial score (nSPS) is 17.7. The third-order valence-electron chi connectivity index (χ3n) is 7.03. The number of aryl methyl sites for hydroxylation is 2. The van der Waals surface area contributed by atoms with Crippen LogP contribution in [-0.4, -0.2) is 52.6 Å². The number of nitrogens with zero attached hydrogens (tertiary/aromatic N) is 2. The number of benzene rings is 2. The molecule has 7 heteroatoms. The Kier molecular flexibility index (Phi) is 7.11. The molecule has 1 amide bonds. The number of carbonyl (C=O) groups excluding carboxylic acids is 1. The van der Waals surface area contributed by atoms with Crippen molar-refractivity contribution in [1.82, 2.24) is 9.80 Å². The van der Waals surface area contributed by atoms with Crippen molar-refractivity contribution in [2.24, 2.45) is 5.41 Å². The molecule has 34 heavy (non-hydrogen) atoms. The molecule has 4 rings (SSSR count). The van der Waals surface area contributed by atoms with E-state index in [0.29, 0.717) is 10.8 Å². The van der Waals surface area contributed by atoms with Gasteiger partial charge in [-0.25, -0.2) is 0 Å². The molecule has 0 bridgehead atoms. The van der Waals surface area contributed by atoms with Crippen LogP contribution in [0.15, 0.2) is 42.5 Å². The van der Waals surface area contributed by atoms with E-state index in [4.69, 9.17) is 28.6 Å². The van der Waals surface area contributed by atoms with E-state index in [0.717, 1.165) is 56.2 Å². The molecule has 2 saturated heterocycles. The van der Waals surface area contributed by atoms with Gasteiger partial charge in [0.05, 0.1) is 5.02 Å². The molecular formula is C27H34ClN3O2S. The maximum Gasteiger partial charge on any atom is 0.266 e. The van der Waals surface area contributed by atoms with Crippen LogP contribution < -0.4 is 10.1 Å². The van der Waals surface area contributed by atoms with Crippen molar-refractivity contribution >= 4 is 40.5 Å². The van der Waals surface area contributed by atoms with Crippen molar-refractivity contribution < 1.29 is 9.53 Å². The third-order valence-corrected chi connectivity index (χ3v) is 7.70. The van der Waals surface area contributed by atoms with Gasteiger partial charge in [0.2, 0.25) is 0 Å². The van der Waals surface area contributed by atoms with Gasteiger partial charge in [-0.15, -0.1) is 0 Å². The Hall–Kier alpha value is -2.31. The van der Waals surface area contributed by atoms with E-state index in [2.05, 4.69) is 42.3 Å². The number of hydrogen-bond acceptors (Lipinski definition) is 3. The minimum absolute atomic E-state index is 0.0127. The van der Waals surface area contributed by atoms with E-state index >= 15 is 0 Å². The summed E-state index contributed by atoms with van der Waals surface area (Å²) in [6.07, 6.45) is 3.07. The number of ether oxygens (including phenoxy) is 1. The van der Waals surface area contributed by atoms with Crippen molar-refractivity contribution in [3.63, 3.8) is 0 Å². The molecule has 1 spiro atoms. The summed E-state index contributed by atoms with van der Waals surface area (Å²) in [7, 11) is 0. The molecule has 0 radical (unpaired) electrons. The fraction of sp³-hybridized carbons (Fsp3) is 0.481. The number of rotatable bonds is 4. The molecular weight excluding hydrogens is 466 g/mol. The van der Waals surface area contributed by atoms with E-state index in [9.17, 15) is 4.79 Å². The summed E-state index contributed by atoms with van der Waals surface area (Å²) in [4.78, 5) is 17.6. The van der Waals surface area contributed by atoms with E-state index in [1.54, 1.807) is 12.1 Å². The first-order valence-corrected chi connectivity index (χ1v) is 12.7. The fourth-order valence-corrected chi connectivity index (χ4v) is 5.65. The number of hydrogen-bond donors (Lipinski definition) is 1. The Labute approximate surface area is 213 Å². The predicted molar refractivity (Wildman–Crippen MR) is 143 cm³/mol. The van der Waals surface area contributed by atoms with E-state index < -0.39 is 5.60 Å². The summed E-state index contributed by atoms with van der Waals surface area (Å²) < 4.78 is 6.05. The topological polar surface area (TPSA) is 44.8 Å². The number of anilines is 1. The molecule has 2 aliphatic rings. The van der Waals surface area contributed by atoms with Gasteiger partial charge in [-0.3, -0.25) is 4.79 Å². The first-order valence-electron chi connectivity index (χ1n) is 11.9. The van der Waals surface area contributed by atoms with Crippen molar-refractivity contribution in [1.29, 1.82) is 0 Å². The zero-order chi connectivity index (χ0) is 24.5. The molecule has 5 nitrogen and oxygen atoms in total. The summed E-state index contributed by atoms with van der Waals surface area (Å²) in [6, 6.07) is 13.7. The number of carbonyl (C=O) groups is 1. The van der Waals surface area contributed by atoms with Crippen LogP contribution in [0.4, 0.5) is 5.69 Å². The van der Waals surface area contributed by atoms with Gasteiger partial charge < -0.3 is 19.9 Å². The van der Waals surface area contributed by atoms with Crippen LogP contribution >= 0.6 is 23.8 Å². The lowest BCUT2D eigenvalue weighted by Gasteiger charge is -2.40. The SMILES string of the molecule is Cc1cc(C)cc(NC(=S)N2CCC3(CCN(C(=O)C(C)(C)Oc4ccccc4Cl)C3)CC2)c1. The van der Waals surface area contributed by atoms with Crippen LogP contribution in [-0.2, 0) is 4.79 Å². The zero-order valence-corrected chi connectivity index (χ0v) is 22.1. The van der Waals surface area contributed by atoms with E-state index in [1.807, 2.05) is 30.9 Å². The van der Waals surface area contributed by atoms with Crippen molar-refractivity contribution in [2.45, 2.75) is 52.6 Å². The smallest absolute Gasteiger partial charge is 0.266 e. The largest absolute Gasteiger partial charge is 0.476 e. The summed E-state index contributed by atoms with van der Waals surface area (Å²) in [5.74, 6) is 0.549. The van der Waals surface area contributed by atoms with Gasteiger partial charge in [0.15, 0.2) is 10.7 Å². The fourth-order valence-electron chi connectivity index (χ4n) is 5.18. The molecule has 0 saturated carbocycles. The van der Waals surface area contributed by atoms with Gasteiger partial charge in [0, 0.05) is 31.9 Å². The highest BCUT2D eigenvalue weighted by Crippen LogP contribution is 2.41. The summed E-state index contributed by atoms with van der Waals surface area (Å²) >= 11 is 12.0. The number of likely N-dealkylation sites (tertiary alicyclic amines) is 2. The summed E-state index contributed by atoms with van der Waals surface area (Å²) in [5.41, 5.74) is 2.66. The molecule has 0 aliphatic carbocycles. The number of thiocarbonyl (C=S) groups is 1. The average molecular weight is 500 g/mol. The van der Waals surface area contributed by atoms with Crippen molar-refractivity contribution in [3.05, 3.63) is 58.6 Å². The van der Waals surface area contributed by atoms with Gasteiger partial charge in [-0.05, 0) is 100.0 Å². The van der Waals surface area contributed by atoms with Crippen LogP contribution in [0, 0.1) is 19.3 Å². The second kappa shape index (κ2) is 9.74. The number of piperidine rings is 1. The molecule has 1 N–H and O–H groups in total. The molecule has 2 aliphatic heterocycles. The van der Waals surface area contributed by atoms with Crippen LogP contribution in [0.2, 0.25) is 5.02 Å². The predicted octanol–water partition coefficient (Wildman–Crippen LogP) is 5.83. The molecule has 2 heterocycles. The Morgan fingerprint density at radius 2 is 1.62 bits per heavy atom. The first-order chi connectivity index (χ1) is 16.1. The molecule has 182 valence electrons. The Balaban J connectivity index is 1.33. The van der Waals surface area contributed by atoms with Gasteiger partial charge in [0.25, 0.3) is 5.91 Å². The lowest BCUT2D eigenvalue weighted by atomic mass is 9.78. The summed E-state index contributed by atoms with van der Waals surface area (Å²) in [5, 5.41) is 4.70. The maximum atomic E-state index is 13.4.